The number of H-pyrrole nitrogens is 1. The Labute approximate surface area is 87.0 Å². The molecule has 0 saturated heterocycles. The van der Waals surface area contributed by atoms with E-state index in [4.69, 9.17) is 11.6 Å². The molecule has 4 nitrogen and oxygen atoms in total. The van der Waals surface area contributed by atoms with E-state index in [2.05, 4.69) is 15.5 Å². The Hall–Kier alpha value is -1.03. The Morgan fingerprint density at radius 2 is 2.57 bits per heavy atom. The molecule has 5 heteroatoms. The molecule has 1 atom stereocenters. The van der Waals surface area contributed by atoms with Crippen molar-refractivity contribution in [2.75, 3.05) is 6.54 Å². The van der Waals surface area contributed by atoms with Crippen LogP contribution < -0.4 is 5.32 Å². The van der Waals surface area contributed by atoms with Gasteiger partial charge in [0, 0.05) is 12.7 Å². The van der Waals surface area contributed by atoms with Crippen LogP contribution in [0.3, 0.4) is 0 Å². The number of rotatable bonds is 4. The van der Waals surface area contributed by atoms with Crippen molar-refractivity contribution < 1.29 is 4.79 Å². The summed E-state index contributed by atoms with van der Waals surface area (Å²) in [6.07, 6.45) is 5.44. The van der Waals surface area contributed by atoms with E-state index in [9.17, 15) is 4.79 Å². The van der Waals surface area contributed by atoms with E-state index in [1.807, 2.05) is 0 Å². The third-order valence-corrected chi connectivity index (χ3v) is 2.86. The van der Waals surface area contributed by atoms with Crippen LogP contribution in [0.25, 0.3) is 0 Å². The van der Waals surface area contributed by atoms with Gasteiger partial charge in [-0.1, -0.05) is 0 Å². The molecule has 0 bridgehead atoms. The van der Waals surface area contributed by atoms with E-state index in [1.54, 1.807) is 6.20 Å². The summed E-state index contributed by atoms with van der Waals surface area (Å²) in [7, 11) is 0. The SMILES string of the molecule is O=C(NCC(Cl)C1CC1)c1cn[nH]c1. The first-order chi connectivity index (χ1) is 6.77. The van der Waals surface area contributed by atoms with E-state index in [0.717, 1.165) is 0 Å². The summed E-state index contributed by atoms with van der Waals surface area (Å²) in [5.74, 6) is 0.478. The minimum absolute atomic E-state index is 0.0749. The molecule has 1 aliphatic rings. The number of hydrogen-bond acceptors (Lipinski definition) is 2. The van der Waals surface area contributed by atoms with Gasteiger partial charge in [0.25, 0.3) is 5.91 Å². The molecule has 0 radical (unpaired) electrons. The largest absolute Gasteiger partial charge is 0.350 e. The molecule has 1 heterocycles. The summed E-state index contributed by atoms with van der Waals surface area (Å²) < 4.78 is 0. The van der Waals surface area contributed by atoms with Gasteiger partial charge >= 0.3 is 0 Å². The van der Waals surface area contributed by atoms with E-state index < -0.39 is 0 Å². The van der Waals surface area contributed by atoms with E-state index in [0.29, 0.717) is 18.0 Å². The Balaban J connectivity index is 1.77. The quantitative estimate of drug-likeness (QED) is 0.738. The summed E-state index contributed by atoms with van der Waals surface area (Å²) in [6.45, 7) is 0.538. The maximum atomic E-state index is 11.4. The second kappa shape index (κ2) is 4.00. The second-order valence-corrected chi connectivity index (χ2v) is 4.11. The molecule has 1 aliphatic carbocycles. The molecule has 1 amide bonds. The van der Waals surface area contributed by atoms with Crippen molar-refractivity contribution in [3.05, 3.63) is 18.0 Å². The number of aromatic amines is 1. The van der Waals surface area contributed by atoms with E-state index in [-0.39, 0.29) is 11.3 Å². The topological polar surface area (TPSA) is 57.8 Å². The first-order valence-electron chi connectivity index (χ1n) is 4.68. The summed E-state index contributed by atoms with van der Waals surface area (Å²) in [5.41, 5.74) is 0.546. The summed E-state index contributed by atoms with van der Waals surface area (Å²) in [6, 6.07) is 0. The maximum absolute atomic E-state index is 11.4. The molecule has 1 aromatic heterocycles. The monoisotopic (exact) mass is 213 g/mol. The van der Waals surface area contributed by atoms with Crippen LogP contribution in [-0.2, 0) is 0 Å². The average Bonchev–Trinajstić information content (AvgIpc) is 2.90. The fraction of sp³-hybridized carbons (Fsp3) is 0.556. The zero-order chi connectivity index (χ0) is 9.97. The minimum Gasteiger partial charge on any atom is -0.350 e. The molecule has 1 unspecified atom stereocenters. The van der Waals surface area contributed by atoms with E-state index in [1.165, 1.54) is 19.0 Å². The van der Waals surface area contributed by atoms with Crippen molar-refractivity contribution in [2.24, 2.45) is 5.92 Å². The van der Waals surface area contributed by atoms with E-state index >= 15 is 0 Å². The Bertz CT molecular complexity index is 308. The third kappa shape index (κ3) is 2.26. The molecule has 0 aromatic carbocycles. The minimum atomic E-state index is -0.120. The summed E-state index contributed by atoms with van der Waals surface area (Å²) >= 11 is 6.05. The molecule has 76 valence electrons. The Morgan fingerprint density at radius 3 is 3.14 bits per heavy atom. The zero-order valence-electron chi connectivity index (χ0n) is 7.66. The molecule has 1 aromatic rings. The lowest BCUT2D eigenvalue weighted by Crippen LogP contribution is -2.30. The lowest BCUT2D eigenvalue weighted by atomic mass is 10.2. The van der Waals surface area contributed by atoms with Gasteiger partial charge in [-0.3, -0.25) is 9.89 Å². The highest BCUT2D eigenvalue weighted by Gasteiger charge is 2.29. The van der Waals surface area contributed by atoms with Crippen molar-refractivity contribution in [1.82, 2.24) is 15.5 Å². The standard InChI is InChI=1S/C9H12ClN3O/c10-8(6-1-2-6)5-11-9(14)7-3-12-13-4-7/h3-4,6,8H,1-2,5H2,(H,11,14)(H,12,13). The maximum Gasteiger partial charge on any atom is 0.254 e. The van der Waals surface area contributed by atoms with Crippen molar-refractivity contribution in [3.63, 3.8) is 0 Å². The molecule has 2 rings (SSSR count). The number of nitrogens with zero attached hydrogens (tertiary/aromatic N) is 1. The van der Waals surface area contributed by atoms with Crippen LogP contribution in [0, 0.1) is 5.92 Å². The van der Waals surface area contributed by atoms with Crippen molar-refractivity contribution in [1.29, 1.82) is 0 Å². The second-order valence-electron chi connectivity index (χ2n) is 3.55. The highest BCUT2D eigenvalue weighted by Crippen LogP contribution is 2.35. The van der Waals surface area contributed by atoms with Gasteiger partial charge in [-0.2, -0.15) is 5.10 Å². The van der Waals surface area contributed by atoms with Gasteiger partial charge in [0.15, 0.2) is 0 Å². The normalized spacial score (nSPS) is 17.8. The predicted molar refractivity (Wildman–Crippen MR) is 53.3 cm³/mol. The zero-order valence-corrected chi connectivity index (χ0v) is 8.42. The third-order valence-electron chi connectivity index (χ3n) is 2.35. The molecule has 0 spiro atoms. The van der Waals surface area contributed by atoms with Gasteiger partial charge in [0.1, 0.15) is 0 Å². The number of amides is 1. The summed E-state index contributed by atoms with van der Waals surface area (Å²) in [5, 5.41) is 9.14. The van der Waals surface area contributed by atoms with Gasteiger partial charge in [-0.25, -0.2) is 0 Å². The van der Waals surface area contributed by atoms with Crippen LogP contribution in [-0.4, -0.2) is 28.0 Å². The van der Waals surface area contributed by atoms with Crippen molar-refractivity contribution in [3.8, 4) is 0 Å². The number of aromatic nitrogens is 2. The molecule has 0 aliphatic heterocycles. The van der Waals surface area contributed by atoms with Gasteiger partial charge in [0.2, 0.25) is 0 Å². The molecular weight excluding hydrogens is 202 g/mol. The number of halogens is 1. The van der Waals surface area contributed by atoms with Crippen molar-refractivity contribution >= 4 is 17.5 Å². The lowest BCUT2D eigenvalue weighted by Gasteiger charge is -2.08. The summed E-state index contributed by atoms with van der Waals surface area (Å²) in [4.78, 5) is 11.4. The van der Waals surface area contributed by atoms with Gasteiger partial charge < -0.3 is 5.32 Å². The molecule has 14 heavy (non-hydrogen) atoms. The first-order valence-corrected chi connectivity index (χ1v) is 5.12. The van der Waals surface area contributed by atoms with Crippen LogP contribution in [0.4, 0.5) is 0 Å². The van der Waals surface area contributed by atoms with Gasteiger partial charge in [-0.15, -0.1) is 11.6 Å². The first kappa shape index (κ1) is 9.52. The van der Waals surface area contributed by atoms with Crippen LogP contribution in [0.15, 0.2) is 12.4 Å². The van der Waals surface area contributed by atoms with Gasteiger partial charge in [0.05, 0.1) is 17.1 Å². The molecule has 1 fully saturated rings. The van der Waals surface area contributed by atoms with Crippen LogP contribution in [0.5, 0.6) is 0 Å². The number of hydrogen-bond donors (Lipinski definition) is 2. The van der Waals surface area contributed by atoms with Gasteiger partial charge in [-0.05, 0) is 18.8 Å². The lowest BCUT2D eigenvalue weighted by molar-refractivity contribution is 0.0953. The molecule has 1 saturated carbocycles. The van der Waals surface area contributed by atoms with Crippen LogP contribution >= 0.6 is 11.6 Å². The number of alkyl halides is 1. The highest BCUT2D eigenvalue weighted by molar-refractivity contribution is 6.21. The van der Waals surface area contributed by atoms with Crippen LogP contribution in [0.1, 0.15) is 23.2 Å². The molecular formula is C9H12ClN3O. The van der Waals surface area contributed by atoms with Crippen LogP contribution in [0.2, 0.25) is 0 Å². The van der Waals surface area contributed by atoms with Crippen molar-refractivity contribution in [2.45, 2.75) is 18.2 Å². The number of nitrogens with one attached hydrogen (secondary N) is 2. The fourth-order valence-electron chi connectivity index (χ4n) is 1.29. The highest BCUT2D eigenvalue weighted by atomic mass is 35.5. The smallest absolute Gasteiger partial charge is 0.254 e. The fourth-order valence-corrected chi connectivity index (χ4v) is 1.62. The molecule has 2 N–H and O–H groups in total. The number of carbonyl (C=O) groups excluding carboxylic acids is 1. The number of carbonyl (C=O) groups is 1. The Morgan fingerprint density at radius 1 is 1.79 bits per heavy atom. The predicted octanol–water partition coefficient (Wildman–Crippen LogP) is 1.16. The average molecular weight is 214 g/mol. The Kier molecular flexibility index (Phi) is 2.72.